The first-order valence-corrected chi connectivity index (χ1v) is 16.7. The number of ether oxygens (including phenoxy) is 1. The summed E-state index contributed by atoms with van der Waals surface area (Å²) >= 11 is 0. The van der Waals surface area contributed by atoms with Gasteiger partial charge in [-0.1, -0.05) is 34.6 Å². The highest BCUT2D eigenvalue weighted by Crippen LogP contribution is 2.46. The average molecular weight is 548 g/mol. The van der Waals surface area contributed by atoms with E-state index in [4.69, 9.17) is 22.7 Å². The summed E-state index contributed by atoms with van der Waals surface area (Å²) in [4.78, 5) is 26.7. The molecule has 2 heterocycles. The van der Waals surface area contributed by atoms with Crippen molar-refractivity contribution in [3.05, 3.63) is 32.6 Å². The highest BCUT2D eigenvalue weighted by Gasteiger charge is 2.43. The summed E-state index contributed by atoms with van der Waals surface area (Å²) in [6.07, 6.45) is 1.23. The fourth-order valence-electron chi connectivity index (χ4n) is 3.44. The fraction of sp³-hybridized carbons (Fsp3) is 0.833. The molecule has 1 aliphatic heterocycles. The van der Waals surface area contributed by atoms with Crippen LogP contribution in [0.3, 0.4) is 0 Å². The third-order valence-electron chi connectivity index (χ3n) is 6.79. The minimum Gasteiger partial charge on any atom is -0.414 e. The Balaban J connectivity index is 2.17. The molecule has 5 atom stereocenters. The van der Waals surface area contributed by atoms with Crippen LogP contribution in [0.1, 0.15) is 66.2 Å². The van der Waals surface area contributed by atoms with Crippen LogP contribution in [0.2, 0.25) is 18.1 Å². The van der Waals surface area contributed by atoms with Crippen LogP contribution in [0.5, 0.6) is 0 Å². The molecule has 0 spiro atoms. The minimum atomic E-state index is -2.05. The van der Waals surface area contributed by atoms with Gasteiger partial charge in [0, 0.05) is 31.3 Å². The second kappa shape index (κ2) is 13.2. The molecule has 1 aromatic rings. The van der Waals surface area contributed by atoms with Crippen molar-refractivity contribution in [1.82, 2.24) is 14.9 Å². The summed E-state index contributed by atoms with van der Waals surface area (Å²) in [6.45, 7) is 19.9. The van der Waals surface area contributed by atoms with Crippen molar-refractivity contribution in [2.75, 3.05) is 20.3 Å². The van der Waals surface area contributed by atoms with Crippen LogP contribution in [-0.2, 0) is 22.7 Å². The molecule has 1 saturated heterocycles. The fourth-order valence-corrected chi connectivity index (χ4v) is 5.51. The van der Waals surface area contributed by atoms with E-state index in [1.54, 1.807) is 14.0 Å². The van der Waals surface area contributed by atoms with Crippen LogP contribution < -0.4 is 16.6 Å². The molecule has 4 unspecified atom stereocenters. The first kappa shape index (κ1) is 31.3. The minimum absolute atomic E-state index is 0.0377. The van der Waals surface area contributed by atoms with E-state index < -0.39 is 46.6 Å². The standard InChI is InChI=1S/C24H46N3O7PSi/c1-16(2)25-12-11-18(4)33-35(30-8)34-19-13-21(27-14-17(3)22(28)26-23(27)29)32-20(19)15-31-36(9,10)24(5,6)7/h14,16,18-21,25H,11-13,15H2,1-10H3,(H,26,28,29)/t18-,19?,20?,21?,35?/m1/s1. The number of H-pyrrole nitrogens is 1. The van der Waals surface area contributed by atoms with Crippen molar-refractivity contribution < 1.29 is 22.7 Å². The van der Waals surface area contributed by atoms with E-state index in [0.29, 0.717) is 24.6 Å². The number of nitrogens with zero attached hydrogens (tertiary/aromatic N) is 1. The molecule has 1 aromatic heterocycles. The quantitative estimate of drug-likeness (QED) is 0.279. The van der Waals surface area contributed by atoms with Crippen LogP contribution in [0.4, 0.5) is 0 Å². The second-order valence-electron chi connectivity index (χ2n) is 11.3. The van der Waals surface area contributed by atoms with Crippen LogP contribution in [0.15, 0.2) is 15.8 Å². The second-order valence-corrected chi connectivity index (χ2v) is 17.3. The maximum Gasteiger partial charge on any atom is 0.333 e. The summed E-state index contributed by atoms with van der Waals surface area (Å²) < 4.78 is 32.1. The Bertz CT molecular complexity index is 947. The van der Waals surface area contributed by atoms with Crippen LogP contribution >= 0.6 is 8.60 Å². The van der Waals surface area contributed by atoms with E-state index in [9.17, 15) is 9.59 Å². The third-order valence-corrected chi connectivity index (χ3v) is 12.6. The lowest BCUT2D eigenvalue weighted by Crippen LogP contribution is -2.44. The van der Waals surface area contributed by atoms with E-state index >= 15 is 0 Å². The van der Waals surface area contributed by atoms with Gasteiger partial charge in [-0.05, 0) is 44.9 Å². The van der Waals surface area contributed by atoms with Gasteiger partial charge in [0.1, 0.15) is 12.3 Å². The van der Waals surface area contributed by atoms with E-state index in [1.165, 1.54) is 10.8 Å². The predicted molar refractivity (Wildman–Crippen MR) is 145 cm³/mol. The number of nitrogens with one attached hydrogen (secondary N) is 2. The largest absolute Gasteiger partial charge is 0.414 e. The molecule has 10 nitrogen and oxygen atoms in total. The highest BCUT2D eigenvalue weighted by atomic mass is 31.2. The number of hydrogen-bond donors (Lipinski definition) is 2. The number of rotatable bonds is 13. The Hall–Kier alpha value is -0.913. The van der Waals surface area contributed by atoms with Gasteiger partial charge in [0.2, 0.25) is 0 Å². The smallest absolute Gasteiger partial charge is 0.333 e. The summed E-state index contributed by atoms with van der Waals surface area (Å²) in [7, 11) is -2.11. The molecule has 0 aromatic carbocycles. The first-order valence-electron chi connectivity index (χ1n) is 12.7. The summed E-state index contributed by atoms with van der Waals surface area (Å²) in [6, 6.07) is 0.409. The van der Waals surface area contributed by atoms with Gasteiger partial charge >= 0.3 is 14.3 Å². The van der Waals surface area contributed by atoms with Gasteiger partial charge in [-0.25, -0.2) is 4.79 Å². The molecule has 0 bridgehead atoms. The number of hydrogen-bond acceptors (Lipinski definition) is 8. The predicted octanol–water partition coefficient (Wildman–Crippen LogP) is 4.21. The van der Waals surface area contributed by atoms with Crippen LogP contribution in [0.25, 0.3) is 0 Å². The first-order chi connectivity index (χ1) is 16.6. The van der Waals surface area contributed by atoms with Crippen molar-refractivity contribution >= 4 is 16.9 Å². The summed E-state index contributed by atoms with van der Waals surface area (Å²) in [5.74, 6) is 0. The topological polar surface area (TPSA) is 113 Å². The Morgan fingerprint density at radius 2 is 1.94 bits per heavy atom. The maximum absolute atomic E-state index is 12.5. The molecule has 1 fully saturated rings. The number of aromatic amines is 1. The van der Waals surface area contributed by atoms with E-state index in [0.717, 1.165) is 13.0 Å². The van der Waals surface area contributed by atoms with E-state index in [-0.39, 0.29) is 11.1 Å². The lowest BCUT2D eigenvalue weighted by molar-refractivity contribution is -0.0426. The Morgan fingerprint density at radius 3 is 2.53 bits per heavy atom. The van der Waals surface area contributed by atoms with Crippen molar-refractivity contribution in [3.63, 3.8) is 0 Å². The molecular formula is C24H46N3O7PSi. The van der Waals surface area contributed by atoms with Gasteiger partial charge in [-0.15, -0.1) is 0 Å². The zero-order chi connectivity index (χ0) is 27.3. The van der Waals surface area contributed by atoms with E-state index in [2.05, 4.69) is 58.0 Å². The lowest BCUT2D eigenvalue weighted by atomic mass is 10.2. The van der Waals surface area contributed by atoms with Crippen molar-refractivity contribution in [1.29, 1.82) is 0 Å². The van der Waals surface area contributed by atoms with Crippen LogP contribution in [0, 0.1) is 6.92 Å². The average Bonchev–Trinajstić information content (AvgIpc) is 3.15. The van der Waals surface area contributed by atoms with Crippen LogP contribution in [-0.4, -0.2) is 62.5 Å². The molecule has 36 heavy (non-hydrogen) atoms. The van der Waals surface area contributed by atoms with E-state index in [1.807, 2.05) is 6.92 Å². The molecule has 12 heteroatoms. The normalized spacial score (nSPS) is 22.8. The van der Waals surface area contributed by atoms with Gasteiger partial charge in [-0.3, -0.25) is 14.3 Å². The molecule has 1 aliphatic rings. The zero-order valence-corrected chi connectivity index (χ0v) is 25.4. The SMILES string of the molecule is COP(OC1CC(n2cc(C)c(=O)[nH]c2=O)OC1CO[Si](C)(C)C(C)(C)C)O[C@H](C)CCNC(C)C. The van der Waals surface area contributed by atoms with Gasteiger partial charge < -0.3 is 28.1 Å². The Kier molecular flexibility index (Phi) is 11.5. The summed E-state index contributed by atoms with van der Waals surface area (Å²) in [5, 5.41) is 3.42. The third kappa shape index (κ3) is 8.84. The monoisotopic (exact) mass is 547 g/mol. The molecule has 208 valence electrons. The van der Waals surface area contributed by atoms with Crippen molar-refractivity contribution in [2.45, 2.75) is 110 Å². The molecule has 0 aliphatic carbocycles. The molecule has 0 radical (unpaired) electrons. The van der Waals surface area contributed by atoms with Gasteiger partial charge in [0.05, 0.1) is 18.8 Å². The van der Waals surface area contributed by atoms with Gasteiger partial charge in [-0.2, -0.15) is 0 Å². The summed E-state index contributed by atoms with van der Waals surface area (Å²) in [5.41, 5.74) is -0.489. The molecule has 0 amide bonds. The van der Waals surface area contributed by atoms with Gasteiger partial charge in [0.15, 0.2) is 8.32 Å². The molecule has 0 saturated carbocycles. The highest BCUT2D eigenvalue weighted by molar-refractivity contribution is 7.41. The van der Waals surface area contributed by atoms with Crippen molar-refractivity contribution in [3.8, 4) is 0 Å². The number of aromatic nitrogens is 2. The molecule has 2 N–H and O–H groups in total. The number of aryl methyl sites for hydroxylation is 1. The Labute approximate surface area is 217 Å². The van der Waals surface area contributed by atoms with Gasteiger partial charge in [0.25, 0.3) is 5.56 Å². The molecule has 2 rings (SSSR count). The Morgan fingerprint density at radius 1 is 1.28 bits per heavy atom. The maximum atomic E-state index is 12.5. The molecular weight excluding hydrogens is 501 g/mol. The zero-order valence-electron chi connectivity index (χ0n) is 23.5. The lowest BCUT2D eigenvalue weighted by Gasteiger charge is -2.37. The van der Waals surface area contributed by atoms with Crippen molar-refractivity contribution in [2.24, 2.45) is 0 Å².